The molecule has 109 valence electrons. The molecule has 0 atom stereocenters. The van der Waals surface area contributed by atoms with E-state index in [0.717, 1.165) is 38.4 Å². The van der Waals surface area contributed by atoms with Gasteiger partial charge >= 0.3 is 6.01 Å². The first-order chi connectivity index (χ1) is 10.4. The van der Waals surface area contributed by atoms with Gasteiger partial charge in [0.05, 0.1) is 19.4 Å². The van der Waals surface area contributed by atoms with Crippen LogP contribution in [0.4, 0.5) is 0 Å². The van der Waals surface area contributed by atoms with Gasteiger partial charge in [-0.15, -0.1) is 0 Å². The first-order valence-electron chi connectivity index (χ1n) is 7.10. The third kappa shape index (κ3) is 4.24. The molecule has 3 rings (SSSR count). The van der Waals surface area contributed by atoms with Crippen molar-refractivity contribution in [2.24, 2.45) is 0 Å². The zero-order valence-corrected chi connectivity index (χ0v) is 11.9. The summed E-state index contributed by atoms with van der Waals surface area (Å²) in [5.74, 6) is 0. The lowest BCUT2D eigenvalue weighted by Crippen LogP contribution is -2.35. The minimum absolute atomic E-state index is 0.356. The van der Waals surface area contributed by atoms with Crippen LogP contribution in [0, 0.1) is 6.20 Å². The van der Waals surface area contributed by atoms with E-state index in [0.29, 0.717) is 12.6 Å². The molecule has 2 aromatic rings. The molecule has 1 aromatic heterocycles. The molecule has 2 heterocycles. The maximum Gasteiger partial charge on any atom is 0.317 e. The smallest absolute Gasteiger partial charge is 0.317 e. The standard InChI is InChI=1S/C16H18N3O2/c1-6-17-16(18-7-1)21-13-15-4-2-14(3-5-15)12-19-8-10-20-11-9-19/h1-6H,8-13H2. The van der Waals surface area contributed by atoms with E-state index in [4.69, 9.17) is 9.47 Å². The first kappa shape index (κ1) is 14.0. The Hall–Kier alpha value is -1.98. The molecule has 1 aliphatic rings. The molecule has 0 spiro atoms. The van der Waals surface area contributed by atoms with Gasteiger partial charge in [-0.3, -0.25) is 4.90 Å². The molecule has 0 saturated carbocycles. The molecule has 0 N–H and O–H groups in total. The number of nitrogens with zero attached hydrogens (tertiary/aromatic N) is 3. The van der Waals surface area contributed by atoms with Crippen LogP contribution in [-0.2, 0) is 17.9 Å². The fraction of sp³-hybridized carbons (Fsp3) is 0.375. The zero-order chi connectivity index (χ0) is 14.3. The Morgan fingerprint density at radius 3 is 2.62 bits per heavy atom. The van der Waals surface area contributed by atoms with Gasteiger partial charge in [0.1, 0.15) is 6.61 Å². The fourth-order valence-electron chi connectivity index (χ4n) is 2.23. The Labute approximate surface area is 124 Å². The summed E-state index contributed by atoms with van der Waals surface area (Å²) in [5, 5.41) is 0. The summed E-state index contributed by atoms with van der Waals surface area (Å²) in [7, 11) is 0. The number of aromatic nitrogens is 2. The highest BCUT2D eigenvalue weighted by Crippen LogP contribution is 2.10. The van der Waals surface area contributed by atoms with E-state index in [2.05, 4.69) is 45.3 Å². The lowest BCUT2D eigenvalue weighted by Gasteiger charge is -2.26. The lowest BCUT2D eigenvalue weighted by atomic mass is 10.1. The van der Waals surface area contributed by atoms with Crippen LogP contribution in [0.2, 0.25) is 0 Å². The quantitative estimate of drug-likeness (QED) is 0.836. The molecule has 1 radical (unpaired) electrons. The van der Waals surface area contributed by atoms with Crippen molar-refractivity contribution in [3.05, 3.63) is 53.9 Å². The van der Waals surface area contributed by atoms with Gasteiger partial charge in [-0.2, -0.15) is 4.98 Å². The predicted octanol–water partition coefficient (Wildman–Crippen LogP) is 1.69. The molecular weight excluding hydrogens is 266 g/mol. The second kappa shape index (κ2) is 7.15. The Balaban J connectivity index is 1.51. The van der Waals surface area contributed by atoms with E-state index in [9.17, 15) is 0 Å². The maximum absolute atomic E-state index is 5.50. The molecule has 1 aliphatic heterocycles. The normalized spacial score (nSPS) is 15.8. The van der Waals surface area contributed by atoms with Crippen molar-refractivity contribution in [2.45, 2.75) is 13.2 Å². The molecule has 0 aliphatic carbocycles. The van der Waals surface area contributed by atoms with Crippen LogP contribution >= 0.6 is 0 Å². The summed E-state index contributed by atoms with van der Waals surface area (Å²) in [5.41, 5.74) is 2.41. The summed E-state index contributed by atoms with van der Waals surface area (Å²) >= 11 is 0. The largest absolute Gasteiger partial charge is 0.459 e. The highest BCUT2D eigenvalue weighted by Gasteiger charge is 2.10. The van der Waals surface area contributed by atoms with Crippen LogP contribution < -0.4 is 4.74 Å². The fourth-order valence-corrected chi connectivity index (χ4v) is 2.23. The average Bonchev–Trinajstić information content (AvgIpc) is 2.56. The second-order valence-electron chi connectivity index (χ2n) is 4.96. The molecule has 0 unspecified atom stereocenters. The van der Waals surface area contributed by atoms with E-state index in [1.54, 1.807) is 12.3 Å². The molecule has 21 heavy (non-hydrogen) atoms. The van der Waals surface area contributed by atoms with E-state index in [1.807, 2.05) is 0 Å². The van der Waals surface area contributed by atoms with Crippen molar-refractivity contribution in [1.82, 2.24) is 14.9 Å². The number of rotatable bonds is 5. The molecule has 1 saturated heterocycles. The highest BCUT2D eigenvalue weighted by molar-refractivity contribution is 5.22. The van der Waals surface area contributed by atoms with Crippen LogP contribution in [0.3, 0.4) is 0 Å². The maximum atomic E-state index is 5.50. The van der Waals surface area contributed by atoms with Crippen molar-refractivity contribution in [1.29, 1.82) is 0 Å². The molecule has 5 nitrogen and oxygen atoms in total. The average molecular weight is 284 g/mol. The third-order valence-electron chi connectivity index (χ3n) is 3.40. The van der Waals surface area contributed by atoms with Gasteiger partial charge in [-0.25, -0.2) is 4.98 Å². The SMILES string of the molecule is [c]1ccnc(OCc2ccc(CN3CCOCC3)cc2)n1. The van der Waals surface area contributed by atoms with E-state index in [1.165, 1.54) is 5.56 Å². The van der Waals surface area contributed by atoms with E-state index >= 15 is 0 Å². The summed E-state index contributed by atoms with van der Waals surface area (Å²) in [6.45, 7) is 5.12. The molecule has 1 aromatic carbocycles. The molecule has 0 amide bonds. The highest BCUT2D eigenvalue weighted by atomic mass is 16.5. The topological polar surface area (TPSA) is 47.5 Å². The molecule has 5 heteroatoms. The summed E-state index contributed by atoms with van der Waals surface area (Å²) in [6.07, 6.45) is 4.32. The lowest BCUT2D eigenvalue weighted by molar-refractivity contribution is 0.0342. The van der Waals surface area contributed by atoms with Crippen molar-refractivity contribution < 1.29 is 9.47 Å². The number of morpholine rings is 1. The van der Waals surface area contributed by atoms with Crippen molar-refractivity contribution in [3.8, 4) is 6.01 Å². The number of hydrogen-bond acceptors (Lipinski definition) is 5. The third-order valence-corrected chi connectivity index (χ3v) is 3.40. The minimum atomic E-state index is 0.356. The van der Waals surface area contributed by atoms with Crippen LogP contribution in [0.15, 0.2) is 36.5 Å². The van der Waals surface area contributed by atoms with Gasteiger partial charge in [0.2, 0.25) is 0 Å². The summed E-state index contributed by atoms with van der Waals surface area (Å²) in [4.78, 5) is 10.3. The van der Waals surface area contributed by atoms with Gasteiger partial charge in [0.25, 0.3) is 0 Å². The van der Waals surface area contributed by atoms with Gasteiger partial charge in [0.15, 0.2) is 0 Å². The molecular formula is C16H18N3O2. The number of hydrogen-bond donors (Lipinski definition) is 0. The van der Waals surface area contributed by atoms with Gasteiger partial charge < -0.3 is 9.47 Å². The number of benzene rings is 1. The Morgan fingerprint density at radius 2 is 1.90 bits per heavy atom. The first-order valence-corrected chi connectivity index (χ1v) is 7.10. The minimum Gasteiger partial charge on any atom is -0.459 e. The van der Waals surface area contributed by atoms with Crippen molar-refractivity contribution in [2.75, 3.05) is 26.3 Å². The molecule has 1 fully saturated rings. The Kier molecular flexibility index (Phi) is 4.76. The summed E-state index contributed by atoms with van der Waals surface area (Å²) in [6, 6.07) is 10.5. The summed E-state index contributed by atoms with van der Waals surface area (Å²) < 4.78 is 10.9. The second-order valence-corrected chi connectivity index (χ2v) is 4.96. The molecule has 0 bridgehead atoms. The van der Waals surface area contributed by atoms with Gasteiger partial charge in [-0.1, -0.05) is 24.3 Å². The monoisotopic (exact) mass is 284 g/mol. The zero-order valence-electron chi connectivity index (χ0n) is 11.9. The Morgan fingerprint density at radius 1 is 1.14 bits per heavy atom. The van der Waals surface area contributed by atoms with Crippen LogP contribution in [0.5, 0.6) is 6.01 Å². The van der Waals surface area contributed by atoms with E-state index in [-0.39, 0.29) is 0 Å². The van der Waals surface area contributed by atoms with Gasteiger partial charge in [-0.05, 0) is 17.2 Å². The Bertz CT molecular complexity index is 539. The number of ether oxygens (including phenoxy) is 2. The van der Waals surface area contributed by atoms with Gasteiger partial charge in [0, 0.05) is 25.8 Å². The van der Waals surface area contributed by atoms with Crippen LogP contribution in [0.25, 0.3) is 0 Å². The van der Waals surface area contributed by atoms with Crippen LogP contribution in [-0.4, -0.2) is 41.2 Å². The van der Waals surface area contributed by atoms with Crippen molar-refractivity contribution >= 4 is 0 Å². The predicted molar refractivity (Wildman–Crippen MR) is 77.7 cm³/mol. The van der Waals surface area contributed by atoms with Crippen LogP contribution in [0.1, 0.15) is 11.1 Å². The van der Waals surface area contributed by atoms with Crippen molar-refractivity contribution in [3.63, 3.8) is 0 Å². The van der Waals surface area contributed by atoms with E-state index < -0.39 is 0 Å².